The molecule has 0 amide bonds. The van der Waals surface area contributed by atoms with Gasteiger partial charge in [0.25, 0.3) is 0 Å². The van der Waals surface area contributed by atoms with Crippen molar-refractivity contribution in [3.63, 3.8) is 0 Å². The zero-order valence-corrected chi connectivity index (χ0v) is 11.7. The largest absolute Gasteiger partial charge is 0.408 e. The van der Waals surface area contributed by atoms with Crippen molar-refractivity contribution < 1.29 is 8.39 Å². The fourth-order valence-corrected chi connectivity index (χ4v) is 3.25. The molecule has 0 atom stereocenters. The number of fused-ring (bicyclic) bond motifs is 3. The highest BCUT2D eigenvalue weighted by Gasteiger charge is 2.04. The quantitative estimate of drug-likeness (QED) is 0.708. The van der Waals surface area contributed by atoms with Crippen molar-refractivity contribution in [3.05, 3.63) is 48.5 Å². The number of hydrogen-bond acceptors (Lipinski definition) is 3. The van der Waals surface area contributed by atoms with Gasteiger partial charge in [0, 0.05) is 17.3 Å². The van der Waals surface area contributed by atoms with Crippen molar-refractivity contribution in [1.29, 1.82) is 0 Å². The van der Waals surface area contributed by atoms with Crippen molar-refractivity contribution >= 4 is 30.1 Å². The second-order valence-electron chi connectivity index (χ2n) is 4.34. The molecule has 0 aliphatic heterocycles. The molecule has 0 radical (unpaired) electrons. The van der Waals surface area contributed by atoms with Gasteiger partial charge in [0.2, 0.25) is 0 Å². The topological polar surface area (TPSA) is 38.3 Å². The highest BCUT2D eigenvalue weighted by Crippen LogP contribution is 2.32. The van der Waals surface area contributed by atoms with E-state index in [1.807, 2.05) is 36.4 Å². The molecule has 3 nitrogen and oxygen atoms in total. The summed E-state index contributed by atoms with van der Waals surface area (Å²) in [4.78, 5) is 0. The molecular weight excluding hydrogens is 257 g/mol. The first-order chi connectivity index (χ1) is 9.38. The summed E-state index contributed by atoms with van der Waals surface area (Å²) in [6, 6.07) is 16.1. The summed E-state index contributed by atoms with van der Waals surface area (Å²) in [5, 5.41) is 5.48. The van der Waals surface area contributed by atoms with Crippen LogP contribution in [0.1, 0.15) is 13.3 Å². The summed E-state index contributed by atoms with van der Waals surface area (Å²) in [6.45, 7) is 3.01. The van der Waals surface area contributed by atoms with Crippen LogP contribution < -0.4 is 5.09 Å². The van der Waals surface area contributed by atoms with Crippen LogP contribution in [0.25, 0.3) is 21.9 Å². The first kappa shape index (κ1) is 12.3. The Bertz CT molecular complexity index is 678. The van der Waals surface area contributed by atoms with Crippen molar-refractivity contribution in [2.75, 3.05) is 11.6 Å². The molecule has 0 aliphatic rings. The summed E-state index contributed by atoms with van der Waals surface area (Å²) in [5.41, 5.74) is 1.75. The molecule has 19 heavy (non-hydrogen) atoms. The summed E-state index contributed by atoms with van der Waals surface area (Å²) >= 11 is 0. The molecule has 0 aliphatic carbocycles. The van der Waals surface area contributed by atoms with Crippen LogP contribution in [0, 0.1) is 0 Å². The van der Waals surface area contributed by atoms with Crippen LogP contribution in [-0.4, -0.2) is 6.54 Å². The number of para-hydroxylation sites is 2. The highest BCUT2D eigenvalue weighted by atomic mass is 31.1. The fourth-order valence-electron chi connectivity index (χ4n) is 2.00. The van der Waals surface area contributed by atoms with E-state index in [9.17, 15) is 0 Å². The molecule has 1 heterocycles. The van der Waals surface area contributed by atoms with Gasteiger partial charge in [0.05, 0.1) is 0 Å². The average Bonchev–Trinajstić information content (AvgIpc) is 2.61. The Kier molecular flexibility index (Phi) is 3.58. The maximum absolute atomic E-state index is 5.97. The smallest absolute Gasteiger partial charge is 0.306 e. The van der Waals surface area contributed by atoms with E-state index >= 15 is 0 Å². The van der Waals surface area contributed by atoms with Crippen LogP contribution in [0.2, 0.25) is 0 Å². The first-order valence-electron chi connectivity index (χ1n) is 6.46. The minimum absolute atomic E-state index is 0.877. The van der Waals surface area contributed by atoms with Crippen molar-refractivity contribution in [2.24, 2.45) is 0 Å². The lowest BCUT2D eigenvalue weighted by Gasteiger charge is -1.97. The number of nitrogens with one attached hydrogen (secondary N) is 1. The van der Waals surface area contributed by atoms with E-state index in [1.54, 1.807) is 0 Å². The van der Waals surface area contributed by atoms with Crippen molar-refractivity contribution in [2.45, 2.75) is 13.3 Å². The van der Waals surface area contributed by atoms with Gasteiger partial charge < -0.3 is 8.39 Å². The Hall–Kier alpha value is -1.70. The molecule has 1 N–H and O–H groups in total. The van der Waals surface area contributed by atoms with Gasteiger partial charge >= 0.3 is 8.16 Å². The Labute approximate surface area is 112 Å². The Morgan fingerprint density at radius 2 is 1.42 bits per heavy atom. The van der Waals surface area contributed by atoms with E-state index in [0.717, 1.165) is 34.9 Å². The van der Waals surface area contributed by atoms with Crippen LogP contribution in [0.3, 0.4) is 0 Å². The molecule has 0 spiro atoms. The average molecular weight is 273 g/mol. The van der Waals surface area contributed by atoms with Gasteiger partial charge in [-0.2, -0.15) is 0 Å². The van der Waals surface area contributed by atoms with Crippen LogP contribution in [0.4, 0.5) is 0 Å². The van der Waals surface area contributed by atoms with E-state index in [4.69, 9.17) is 8.39 Å². The van der Waals surface area contributed by atoms with Crippen LogP contribution >= 0.6 is 8.16 Å². The van der Waals surface area contributed by atoms with Gasteiger partial charge in [-0.15, -0.1) is 0 Å². The van der Waals surface area contributed by atoms with Gasteiger partial charge in [0.1, 0.15) is 11.2 Å². The van der Waals surface area contributed by atoms with Gasteiger partial charge in [-0.3, -0.25) is 0 Å². The van der Waals surface area contributed by atoms with E-state index in [-0.39, 0.29) is 0 Å². The number of benzene rings is 2. The molecule has 4 heteroatoms. The molecule has 3 rings (SSSR count). The lowest BCUT2D eigenvalue weighted by molar-refractivity contribution is 0.642. The minimum Gasteiger partial charge on any atom is -0.408 e. The maximum Gasteiger partial charge on any atom is 0.306 e. The molecule has 1 aromatic heterocycles. The zero-order chi connectivity index (χ0) is 13.1. The van der Waals surface area contributed by atoms with Crippen molar-refractivity contribution in [3.8, 4) is 0 Å². The molecule has 3 aromatic rings. The Morgan fingerprint density at radius 3 is 1.95 bits per heavy atom. The predicted octanol–water partition coefficient (Wildman–Crippen LogP) is 5.24. The summed E-state index contributed by atoms with van der Waals surface area (Å²) < 4.78 is 11.9. The van der Waals surface area contributed by atoms with Crippen LogP contribution in [0.5, 0.6) is 0 Å². The van der Waals surface area contributed by atoms with Gasteiger partial charge in [-0.05, 0) is 18.6 Å². The van der Waals surface area contributed by atoms with Gasteiger partial charge in [0.15, 0.2) is 0 Å². The minimum atomic E-state index is -1.13. The monoisotopic (exact) mass is 273 g/mol. The normalized spacial score (nSPS) is 11.0. The SMILES string of the molecule is CCCNp1oc2ccccc2c2ccccc2o1. The van der Waals surface area contributed by atoms with E-state index in [1.165, 1.54) is 0 Å². The molecule has 0 bridgehead atoms. The first-order valence-corrected chi connectivity index (χ1v) is 7.64. The van der Waals surface area contributed by atoms with Gasteiger partial charge in [-0.25, -0.2) is 5.09 Å². The van der Waals surface area contributed by atoms with Gasteiger partial charge in [-0.1, -0.05) is 43.3 Å². The van der Waals surface area contributed by atoms with E-state index in [2.05, 4.69) is 24.1 Å². The molecule has 0 unspecified atom stereocenters. The molecule has 0 saturated heterocycles. The lowest BCUT2D eigenvalue weighted by Crippen LogP contribution is -1.93. The standard InChI is InChI=1S/C15H16NO2P/c1-2-11-16-19-17-14-9-5-3-7-12(14)13-8-4-6-10-15(13)18-19/h3-10,16H,2,11H2,1H3. The second kappa shape index (κ2) is 5.52. The summed E-state index contributed by atoms with van der Waals surface area (Å²) in [7, 11) is -1.13. The maximum atomic E-state index is 5.97. The molecule has 0 fully saturated rings. The third kappa shape index (κ3) is 2.53. The Balaban J connectivity index is 2.34. The third-order valence-corrected chi connectivity index (χ3v) is 4.12. The third-order valence-electron chi connectivity index (χ3n) is 2.92. The van der Waals surface area contributed by atoms with Crippen LogP contribution in [-0.2, 0) is 0 Å². The van der Waals surface area contributed by atoms with E-state index < -0.39 is 8.16 Å². The molecule has 2 aromatic carbocycles. The van der Waals surface area contributed by atoms with E-state index in [0.29, 0.717) is 0 Å². The van der Waals surface area contributed by atoms with Crippen molar-refractivity contribution in [1.82, 2.24) is 0 Å². The summed E-state index contributed by atoms with van der Waals surface area (Å²) in [6.07, 6.45) is 1.05. The second-order valence-corrected chi connectivity index (χ2v) is 5.54. The van der Waals surface area contributed by atoms with Crippen LogP contribution in [0.15, 0.2) is 56.9 Å². The lowest BCUT2D eigenvalue weighted by atomic mass is 10.1. The number of rotatable bonds is 3. The Morgan fingerprint density at radius 1 is 0.895 bits per heavy atom. The predicted molar refractivity (Wildman–Crippen MR) is 80.8 cm³/mol. The zero-order valence-electron chi connectivity index (χ0n) is 10.8. The molecular formula is C15H16NO2P. The highest BCUT2D eigenvalue weighted by molar-refractivity contribution is 7.38. The summed E-state index contributed by atoms with van der Waals surface area (Å²) in [5.74, 6) is 0. The molecule has 0 saturated carbocycles. The molecule has 98 valence electrons. The number of hydrogen-bond donors (Lipinski definition) is 1. The fraction of sp³-hybridized carbons (Fsp3) is 0.200.